The third-order valence-corrected chi connectivity index (χ3v) is 4.13. The fraction of sp³-hybridized carbons (Fsp3) is 0.333. The quantitative estimate of drug-likeness (QED) is 0.870. The number of ether oxygens (including phenoxy) is 2. The number of benzene rings is 1. The number of para-hydroxylation sites is 2. The van der Waals surface area contributed by atoms with Crippen molar-refractivity contribution in [3.05, 3.63) is 54.4 Å². The summed E-state index contributed by atoms with van der Waals surface area (Å²) in [4.78, 5) is 18.9. The summed E-state index contributed by atoms with van der Waals surface area (Å²) >= 11 is 0. The Morgan fingerprint density at radius 3 is 2.74 bits per heavy atom. The number of hydrogen-bond acceptors (Lipinski definition) is 4. The first-order valence-corrected chi connectivity index (χ1v) is 7.89. The molecule has 118 valence electrons. The van der Waals surface area contributed by atoms with Crippen molar-refractivity contribution >= 4 is 5.91 Å². The predicted molar refractivity (Wildman–Crippen MR) is 84.2 cm³/mol. The standard InChI is InChI=1S/C18H18N2O3/c21-18(17-12-22-15-5-1-2-6-16(15)23-17)20(14-7-8-14)11-13-4-3-9-19-10-13/h1-6,9-10,14,17H,7-8,11-12H2/t17-/m0/s1. The molecular formula is C18H18N2O3. The lowest BCUT2D eigenvalue weighted by atomic mass is 10.2. The first kappa shape index (κ1) is 14.1. The van der Waals surface area contributed by atoms with E-state index in [9.17, 15) is 4.79 Å². The van der Waals surface area contributed by atoms with Crippen LogP contribution in [0.3, 0.4) is 0 Å². The van der Waals surface area contributed by atoms with E-state index in [4.69, 9.17) is 9.47 Å². The van der Waals surface area contributed by atoms with Gasteiger partial charge in [-0.2, -0.15) is 0 Å². The maximum atomic E-state index is 12.9. The second kappa shape index (κ2) is 5.91. The molecule has 0 radical (unpaired) electrons. The summed E-state index contributed by atoms with van der Waals surface area (Å²) < 4.78 is 11.5. The first-order chi connectivity index (χ1) is 11.3. The van der Waals surface area contributed by atoms with E-state index >= 15 is 0 Å². The van der Waals surface area contributed by atoms with Gasteiger partial charge in [0, 0.05) is 25.0 Å². The van der Waals surface area contributed by atoms with Gasteiger partial charge in [0.2, 0.25) is 6.10 Å². The zero-order valence-corrected chi connectivity index (χ0v) is 12.7. The van der Waals surface area contributed by atoms with Gasteiger partial charge < -0.3 is 14.4 Å². The van der Waals surface area contributed by atoms with Crippen LogP contribution in [0.25, 0.3) is 0 Å². The summed E-state index contributed by atoms with van der Waals surface area (Å²) in [6.07, 6.45) is 5.06. The summed E-state index contributed by atoms with van der Waals surface area (Å²) in [6.45, 7) is 0.824. The van der Waals surface area contributed by atoms with Gasteiger partial charge in [0.25, 0.3) is 5.91 Å². The van der Waals surface area contributed by atoms with E-state index in [1.54, 1.807) is 12.4 Å². The maximum absolute atomic E-state index is 12.9. The first-order valence-electron chi connectivity index (χ1n) is 7.89. The Balaban J connectivity index is 1.50. The lowest BCUT2D eigenvalue weighted by Crippen LogP contribution is -2.47. The number of nitrogens with zero attached hydrogens (tertiary/aromatic N) is 2. The largest absolute Gasteiger partial charge is 0.485 e. The van der Waals surface area contributed by atoms with E-state index in [0.29, 0.717) is 24.1 Å². The highest BCUT2D eigenvalue weighted by molar-refractivity contribution is 5.82. The number of aromatic nitrogens is 1. The Morgan fingerprint density at radius 2 is 2.00 bits per heavy atom. The molecule has 2 heterocycles. The molecule has 23 heavy (non-hydrogen) atoms. The molecule has 5 nitrogen and oxygen atoms in total. The van der Waals surface area contributed by atoms with Gasteiger partial charge >= 0.3 is 0 Å². The molecular weight excluding hydrogens is 292 g/mol. The Hall–Kier alpha value is -2.56. The van der Waals surface area contributed by atoms with Crippen molar-refractivity contribution in [1.82, 2.24) is 9.88 Å². The zero-order chi connectivity index (χ0) is 15.6. The second-order valence-electron chi connectivity index (χ2n) is 5.92. The van der Waals surface area contributed by atoms with Crippen molar-refractivity contribution in [2.75, 3.05) is 6.61 Å². The Kier molecular flexibility index (Phi) is 3.61. The topological polar surface area (TPSA) is 51.7 Å². The van der Waals surface area contributed by atoms with Gasteiger partial charge in [-0.25, -0.2) is 0 Å². The van der Waals surface area contributed by atoms with Crippen LogP contribution in [0.5, 0.6) is 11.5 Å². The highest BCUT2D eigenvalue weighted by atomic mass is 16.6. The van der Waals surface area contributed by atoms with Gasteiger partial charge in [-0.3, -0.25) is 9.78 Å². The van der Waals surface area contributed by atoms with E-state index in [2.05, 4.69) is 4.98 Å². The number of carbonyl (C=O) groups is 1. The minimum Gasteiger partial charge on any atom is -0.485 e. The smallest absolute Gasteiger partial charge is 0.267 e. The van der Waals surface area contributed by atoms with Crippen molar-refractivity contribution in [3.63, 3.8) is 0 Å². The van der Waals surface area contributed by atoms with Crippen LogP contribution >= 0.6 is 0 Å². The fourth-order valence-corrected chi connectivity index (χ4v) is 2.79. The van der Waals surface area contributed by atoms with Crippen LogP contribution in [0.2, 0.25) is 0 Å². The average molecular weight is 310 g/mol. The van der Waals surface area contributed by atoms with Crippen molar-refractivity contribution in [3.8, 4) is 11.5 Å². The van der Waals surface area contributed by atoms with Gasteiger partial charge in [-0.05, 0) is 36.6 Å². The molecule has 0 bridgehead atoms. The van der Waals surface area contributed by atoms with Gasteiger partial charge in [0.05, 0.1) is 0 Å². The van der Waals surface area contributed by atoms with Crippen molar-refractivity contribution in [1.29, 1.82) is 0 Å². The van der Waals surface area contributed by atoms with Crippen LogP contribution in [-0.2, 0) is 11.3 Å². The summed E-state index contributed by atoms with van der Waals surface area (Å²) in [7, 11) is 0. The molecule has 4 rings (SSSR count). The summed E-state index contributed by atoms with van der Waals surface area (Å²) in [5.41, 5.74) is 1.03. The summed E-state index contributed by atoms with van der Waals surface area (Å²) in [5, 5.41) is 0. The van der Waals surface area contributed by atoms with Crippen molar-refractivity contribution in [2.45, 2.75) is 31.5 Å². The maximum Gasteiger partial charge on any atom is 0.267 e. The van der Waals surface area contributed by atoms with Crippen LogP contribution in [-0.4, -0.2) is 34.5 Å². The van der Waals surface area contributed by atoms with Crippen LogP contribution in [0, 0.1) is 0 Å². The third-order valence-electron chi connectivity index (χ3n) is 4.13. The molecule has 2 aliphatic rings. The molecule has 5 heteroatoms. The molecule has 0 unspecified atom stereocenters. The molecule has 1 aromatic heterocycles. The monoisotopic (exact) mass is 310 g/mol. The second-order valence-corrected chi connectivity index (χ2v) is 5.92. The van der Waals surface area contributed by atoms with Crippen LogP contribution in [0.4, 0.5) is 0 Å². The molecule has 1 aliphatic heterocycles. The van der Waals surface area contributed by atoms with Crippen LogP contribution < -0.4 is 9.47 Å². The van der Waals surface area contributed by atoms with Gasteiger partial charge in [-0.1, -0.05) is 18.2 Å². The molecule has 1 amide bonds. The molecule has 1 aliphatic carbocycles. The molecule has 1 aromatic carbocycles. The third kappa shape index (κ3) is 2.99. The SMILES string of the molecule is O=C([C@@H]1COc2ccccc2O1)N(Cc1cccnc1)C1CC1. The number of carbonyl (C=O) groups excluding carboxylic acids is 1. The number of pyridine rings is 1. The molecule has 0 spiro atoms. The number of hydrogen-bond donors (Lipinski definition) is 0. The van der Waals surface area contributed by atoms with Crippen molar-refractivity contribution < 1.29 is 14.3 Å². The summed E-state index contributed by atoms with van der Waals surface area (Å²) in [5.74, 6) is 1.32. The molecule has 1 saturated carbocycles. The molecule has 0 N–H and O–H groups in total. The Bertz CT molecular complexity index is 700. The highest BCUT2D eigenvalue weighted by Gasteiger charge is 2.38. The molecule has 1 fully saturated rings. The molecule has 2 aromatic rings. The minimum atomic E-state index is -0.581. The number of amides is 1. The minimum absolute atomic E-state index is 0.00847. The summed E-state index contributed by atoms with van der Waals surface area (Å²) in [6, 6.07) is 11.6. The highest BCUT2D eigenvalue weighted by Crippen LogP contribution is 2.33. The fourth-order valence-electron chi connectivity index (χ4n) is 2.79. The van der Waals surface area contributed by atoms with E-state index in [1.165, 1.54) is 0 Å². The van der Waals surface area contributed by atoms with Gasteiger partial charge in [0.1, 0.15) is 6.61 Å². The lowest BCUT2D eigenvalue weighted by Gasteiger charge is -2.31. The van der Waals surface area contributed by atoms with Gasteiger partial charge in [-0.15, -0.1) is 0 Å². The van der Waals surface area contributed by atoms with Crippen LogP contribution in [0.15, 0.2) is 48.8 Å². The predicted octanol–water partition coefficient (Wildman–Crippen LogP) is 2.41. The van der Waals surface area contributed by atoms with E-state index in [1.807, 2.05) is 41.3 Å². The number of fused-ring (bicyclic) bond motifs is 1. The average Bonchev–Trinajstić information content (AvgIpc) is 3.44. The lowest BCUT2D eigenvalue weighted by molar-refractivity contribution is -0.142. The van der Waals surface area contributed by atoms with E-state index in [0.717, 1.165) is 18.4 Å². The molecule has 1 atom stereocenters. The molecule has 0 saturated heterocycles. The van der Waals surface area contributed by atoms with E-state index in [-0.39, 0.29) is 12.5 Å². The number of rotatable bonds is 4. The zero-order valence-electron chi connectivity index (χ0n) is 12.7. The van der Waals surface area contributed by atoms with Crippen molar-refractivity contribution in [2.24, 2.45) is 0 Å². The normalized spacial score (nSPS) is 19.2. The van der Waals surface area contributed by atoms with E-state index < -0.39 is 6.10 Å². The Morgan fingerprint density at radius 1 is 1.17 bits per heavy atom. The van der Waals surface area contributed by atoms with Gasteiger partial charge in [0.15, 0.2) is 11.5 Å². The van der Waals surface area contributed by atoms with Crippen LogP contribution in [0.1, 0.15) is 18.4 Å². The Labute approximate surface area is 134 Å².